The van der Waals surface area contributed by atoms with Crippen LogP contribution in [0.25, 0.3) is 10.9 Å². The Kier molecular flexibility index (Phi) is 7.71. The number of anilines is 2. The van der Waals surface area contributed by atoms with Crippen LogP contribution in [0.1, 0.15) is 38.5 Å². The number of fused-ring (bicyclic) bond motifs is 1. The average molecular weight is 479 g/mol. The van der Waals surface area contributed by atoms with E-state index in [-0.39, 0.29) is 13.0 Å². The molecule has 1 fully saturated rings. The van der Waals surface area contributed by atoms with Crippen molar-refractivity contribution in [3.05, 3.63) is 28.2 Å². The van der Waals surface area contributed by atoms with E-state index < -0.39 is 5.97 Å². The van der Waals surface area contributed by atoms with E-state index in [1.807, 2.05) is 12.4 Å². The molecule has 7 nitrogen and oxygen atoms in total. The number of aromatic nitrogens is 1. The highest BCUT2D eigenvalue weighted by Crippen LogP contribution is 2.38. The Bertz CT molecular complexity index is 995. The molecular formula is C23H28Cl2N4O3. The Hall–Kier alpha value is -2.09. The second-order valence-electron chi connectivity index (χ2n) is 8.21. The molecule has 2 aliphatic rings. The molecule has 172 valence electrons. The summed E-state index contributed by atoms with van der Waals surface area (Å²) in [5, 5.41) is 10.7. The largest absolute Gasteiger partial charge is 0.481 e. The van der Waals surface area contributed by atoms with Crippen LogP contribution in [0.2, 0.25) is 10.0 Å². The molecule has 0 spiro atoms. The molecule has 1 aromatic heterocycles. The summed E-state index contributed by atoms with van der Waals surface area (Å²) in [6.45, 7) is 2.84. The molecule has 1 aromatic carbocycles. The SMILES string of the molecule is O=C(O)CCOCCN(c1cc(N2C=NCC2)c2ccc(Cl)c(Cl)c2n1)C1CCCCC1. The van der Waals surface area contributed by atoms with Gasteiger partial charge in [0.1, 0.15) is 5.82 Å². The molecule has 2 heterocycles. The third-order valence-electron chi connectivity index (χ3n) is 6.08. The molecule has 0 unspecified atom stereocenters. The van der Waals surface area contributed by atoms with E-state index in [1.165, 1.54) is 19.3 Å². The lowest BCUT2D eigenvalue weighted by Gasteiger charge is -2.36. The Morgan fingerprint density at radius 1 is 1.22 bits per heavy atom. The van der Waals surface area contributed by atoms with Crippen molar-refractivity contribution in [2.45, 2.75) is 44.6 Å². The van der Waals surface area contributed by atoms with Gasteiger partial charge in [0.05, 0.1) is 53.8 Å². The molecule has 0 saturated heterocycles. The first-order valence-corrected chi connectivity index (χ1v) is 11.9. The highest BCUT2D eigenvalue weighted by molar-refractivity contribution is 6.45. The molecule has 9 heteroatoms. The lowest BCUT2D eigenvalue weighted by atomic mass is 9.94. The zero-order chi connectivity index (χ0) is 22.5. The van der Waals surface area contributed by atoms with Crippen LogP contribution in [0.5, 0.6) is 0 Å². The summed E-state index contributed by atoms with van der Waals surface area (Å²) in [6, 6.07) is 6.23. The highest BCUT2D eigenvalue weighted by atomic mass is 35.5. The molecule has 32 heavy (non-hydrogen) atoms. The molecule has 1 saturated carbocycles. The second kappa shape index (κ2) is 10.7. The zero-order valence-electron chi connectivity index (χ0n) is 18.0. The van der Waals surface area contributed by atoms with E-state index in [0.29, 0.717) is 34.8 Å². The number of carbonyl (C=O) groups is 1. The molecule has 1 N–H and O–H groups in total. The van der Waals surface area contributed by atoms with Gasteiger partial charge in [-0.25, -0.2) is 4.98 Å². The van der Waals surface area contributed by atoms with E-state index in [1.54, 1.807) is 6.07 Å². The average Bonchev–Trinajstić information content (AvgIpc) is 3.33. The van der Waals surface area contributed by atoms with Gasteiger partial charge < -0.3 is 19.6 Å². The fourth-order valence-corrected chi connectivity index (χ4v) is 4.81. The lowest BCUT2D eigenvalue weighted by molar-refractivity contribution is -0.138. The van der Waals surface area contributed by atoms with Gasteiger partial charge in [-0.3, -0.25) is 9.79 Å². The van der Waals surface area contributed by atoms with Gasteiger partial charge >= 0.3 is 5.97 Å². The molecule has 2 aromatic rings. The number of carboxylic acids is 1. The van der Waals surface area contributed by atoms with Gasteiger partial charge in [-0.1, -0.05) is 42.5 Å². The Morgan fingerprint density at radius 2 is 2.03 bits per heavy atom. The Balaban J connectivity index is 1.69. The van der Waals surface area contributed by atoms with E-state index in [4.69, 9.17) is 38.0 Å². The maximum Gasteiger partial charge on any atom is 0.305 e. The molecular weight excluding hydrogens is 451 g/mol. The monoisotopic (exact) mass is 478 g/mol. The topological polar surface area (TPSA) is 78.3 Å². The smallest absolute Gasteiger partial charge is 0.305 e. The van der Waals surface area contributed by atoms with Crippen LogP contribution >= 0.6 is 23.2 Å². The molecule has 0 bridgehead atoms. The fourth-order valence-electron chi connectivity index (χ4n) is 4.45. The predicted molar refractivity (Wildman–Crippen MR) is 130 cm³/mol. The highest BCUT2D eigenvalue weighted by Gasteiger charge is 2.25. The van der Waals surface area contributed by atoms with Gasteiger partial charge in [0.25, 0.3) is 0 Å². The maximum absolute atomic E-state index is 10.8. The van der Waals surface area contributed by atoms with Crippen molar-refractivity contribution < 1.29 is 14.6 Å². The molecule has 0 amide bonds. The van der Waals surface area contributed by atoms with E-state index in [0.717, 1.165) is 42.8 Å². The van der Waals surface area contributed by atoms with E-state index in [2.05, 4.69) is 20.9 Å². The van der Waals surface area contributed by atoms with Crippen LogP contribution in [0.15, 0.2) is 23.2 Å². The van der Waals surface area contributed by atoms with Crippen LogP contribution in [0.4, 0.5) is 11.5 Å². The van der Waals surface area contributed by atoms with Crippen LogP contribution < -0.4 is 9.80 Å². The quantitative estimate of drug-likeness (QED) is 0.509. The first kappa shape index (κ1) is 23.1. The van der Waals surface area contributed by atoms with E-state index >= 15 is 0 Å². The van der Waals surface area contributed by atoms with Crippen molar-refractivity contribution in [2.24, 2.45) is 4.99 Å². The van der Waals surface area contributed by atoms with Crippen molar-refractivity contribution in [3.8, 4) is 0 Å². The lowest BCUT2D eigenvalue weighted by Crippen LogP contribution is -2.40. The maximum atomic E-state index is 10.8. The fraction of sp³-hybridized carbons (Fsp3) is 0.522. The summed E-state index contributed by atoms with van der Waals surface area (Å²) in [5.74, 6) is -0.0144. The second-order valence-corrected chi connectivity index (χ2v) is 9.00. The summed E-state index contributed by atoms with van der Waals surface area (Å²) in [6.07, 6.45) is 7.68. The van der Waals surface area contributed by atoms with Crippen LogP contribution in [0, 0.1) is 0 Å². The minimum Gasteiger partial charge on any atom is -0.481 e. The Labute approximate surface area is 198 Å². The summed E-state index contributed by atoms with van der Waals surface area (Å²) in [4.78, 5) is 24.5. The standard InChI is InChI=1S/C23H28Cl2N4O3/c24-18-7-6-17-19(28-10-9-26-15-28)14-20(27-23(17)22(18)25)29(16-4-2-1-3-5-16)11-13-32-12-8-21(30)31/h6-7,14-16H,1-5,8-13H2,(H,30,31). The number of benzene rings is 1. The number of ether oxygens (including phenoxy) is 1. The van der Waals surface area contributed by atoms with Crippen molar-refractivity contribution in [1.29, 1.82) is 0 Å². The van der Waals surface area contributed by atoms with Gasteiger partial charge in [0.15, 0.2) is 0 Å². The van der Waals surface area contributed by atoms with Gasteiger partial charge in [-0.05, 0) is 25.0 Å². The summed E-state index contributed by atoms with van der Waals surface area (Å²) in [7, 11) is 0. The van der Waals surface area contributed by atoms with Crippen molar-refractivity contribution in [3.63, 3.8) is 0 Å². The molecule has 1 aliphatic carbocycles. The van der Waals surface area contributed by atoms with Crippen molar-refractivity contribution in [1.82, 2.24) is 4.98 Å². The summed E-state index contributed by atoms with van der Waals surface area (Å²) in [5.41, 5.74) is 1.69. The molecule has 4 rings (SSSR count). The number of carboxylic acid groups (broad SMARTS) is 1. The number of rotatable bonds is 9. The normalized spacial score (nSPS) is 16.8. The van der Waals surface area contributed by atoms with Gasteiger partial charge in [0, 0.05) is 30.6 Å². The number of aliphatic carboxylic acids is 1. The Morgan fingerprint density at radius 3 is 2.75 bits per heavy atom. The third-order valence-corrected chi connectivity index (χ3v) is 6.88. The van der Waals surface area contributed by atoms with Gasteiger partial charge in [-0.15, -0.1) is 0 Å². The minimum absolute atomic E-state index is 0.00417. The van der Waals surface area contributed by atoms with E-state index in [9.17, 15) is 4.79 Å². The summed E-state index contributed by atoms with van der Waals surface area (Å²) >= 11 is 12.9. The van der Waals surface area contributed by atoms with Gasteiger partial charge in [-0.2, -0.15) is 0 Å². The minimum atomic E-state index is -0.853. The zero-order valence-corrected chi connectivity index (χ0v) is 19.5. The van der Waals surface area contributed by atoms with Crippen LogP contribution in [-0.4, -0.2) is 61.3 Å². The molecule has 0 radical (unpaired) electrons. The van der Waals surface area contributed by atoms with Gasteiger partial charge in [0.2, 0.25) is 0 Å². The van der Waals surface area contributed by atoms with Crippen LogP contribution in [-0.2, 0) is 9.53 Å². The number of hydrogen-bond donors (Lipinski definition) is 1. The van der Waals surface area contributed by atoms with Crippen molar-refractivity contribution in [2.75, 3.05) is 42.6 Å². The first-order chi connectivity index (χ1) is 15.5. The number of pyridine rings is 1. The number of nitrogens with zero attached hydrogens (tertiary/aromatic N) is 4. The molecule has 0 atom stereocenters. The first-order valence-electron chi connectivity index (χ1n) is 11.2. The summed E-state index contributed by atoms with van der Waals surface area (Å²) < 4.78 is 5.62. The molecule has 1 aliphatic heterocycles. The third kappa shape index (κ3) is 5.27. The predicted octanol–water partition coefficient (Wildman–Crippen LogP) is 5.02. The number of hydrogen-bond acceptors (Lipinski definition) is 6. The number of halogens is 2. The number of aliphatic imine (C=N–C) groups is 1. The van der Waals surface area contributed by atoms with Crippen LogP contribution in [0.3, 0.4) is 0 Å². The van der Waals surface area contributed by atoms with Crippen molar-refractivity contribution >= 4 is 57.9 Å².